The van der Waals surface area contributed by atoms with Gasteiger partial charge in [0.2, 0.25) is 0 Å². The lowest BCUT2D eigenvalue weighted by Gasteiger charge is -2.36. The third-order valence-corrected chi connectivity index (χ3v) is 5.43. The molecule has 8 heteroatoms. The highest BCUT2D eigenvalue weighted by Gasteiger charge is 2.26. The van der Waals surface area contributed by atoms with Gasteiger partial charge in [0.25, 0.3) is 0 Å². The van der Waals surface area contributed by atoms with E-state index in [1.165, 1.54) is 48.4 Å². The molecule has 0 amide bonds. The SMILES string of the molecule is c1cc(N2CCN(CC3CC3)CC2)ccc1CNc1ccc2nnnn2n1. The fraction of sp³-hybridized carbons (Fsp3) is 0.474. The average molecular weight is 364 g/mol. The highest BCUT2D eigenvalue weighted by atomic mass is 15.6. The molecule has 5 rings (SSSR count). The van der Waals surface area contributed by atoms with E-state index in [0.717, 1.165) is 31.4 Å². The lowest BCUT2D eigenvalue weighted by molar-refractivity contribution is 0.248. The molecular formula is C19H24N8. The average Bonchev–Trinajstić information content (AvgIpc) is 3.40. The van der Waals surface area contributed by atoms with E-state index in [2.05, 4.69) is 60.0 Å². The van der Waals surface area contributed by atoms with E-state index < -0.39 is 0 Å². The standard InChI is InChI=1S/C19H24N8/c1-2-16(1)14-25-9-11-26(12-10-25)17-5-3-15(4-6-17)13-20-18-7-8-19-21-23-24-27(19)22-18/h3-8,16H,1-2,9-14H2,(H,20,22). The van der Waals surface area contributed by atoms with Gasteiger partial charge in [0.15, 0.2) is 5.65 Å². The normalized spacial score (nSPS) is 18.1. The maximum Gasteiger partial charge on any atom is 0.200 e. The van der Waals surface area contributed by atoms with Gasteiger partial charge in [0.05, 0.1) is 0 Å². The first-order valence-corrected chi connectivity index (χ1v) is 9.69. The van der Waals surface area contributed by atoms with Gasteiger partial charge in [-0.15, -0.1) is 14.8 Å². The summed E-state index contributed by atoms with van der Waals surface area (Å²) >= 11 is 0. The molecule has 1 saturated heterocycles. The van der Waals surface area contributed by atoms with Crippen LogP contribution in [0.4, 0.5) is 11.5 Å². The molecule has 1 N–H and O–H groups in total. The van der Waals surface area contributed by atoms with Crippen LogP contribution in [0.2, 0.25) is 0 Å². The summed E-state index contributed by atoms with van der Waals surface area (Å²) in [5, 5.41) is 18.9. The van der Waals surface area contributed by atoms with E-state index in [1.54, 1.807) is 0 Å². The molecule has 3 aromatic rings. The second kappa shape index (κ2) is 7.11. The van der Waals surface area contributed by atoms with Crippen LogP contribution in [0.1, 0.15) is 18.4 Å². The number of tetrazole rings is 1. The highest BCUT2D eigenvalue weighted by molar-refractivity contribution is 5.49. The van der Waals surface area contributed by atoms with Gasteiger partial charge in [0.1, 0.15) is 5.82 Å². The van der Waals surface area contributed by atoms with Crippen LogP contribution in [0.5, 0.6) is 0 Å². The number of rotatable bonds is 6. The molecule has 1 saturated carbocycles. The van der Waals surface area contributed by atoms with Crippen LogP contribution in [-0.4, -0.2) is 62.9 Å². The Morgan fingerprint density at radius 1 is 0.963 bits per heavy atom. The van der Waals surface area contributed by atoms with E-state index in [4.69, 9.17) is 0 Å². The Morgan fingerprint density at radius 3 is 2.56 bits per heavy atom. The quantitative estimate of drug-likeness (QED) is 0.713. The Labute approximate surface area is 158 Å². The van der Waals surface area contributed by atoms with Crippen molar-refractivity contribution in [2.45, 2.75) is 19.4 Å². The molecule has 140 valence electrons. The predicted octanol–water partition coefficient (Wildman–Crippen LogP) is 1.66. The van der Waals surface area contributed by atoms with Gasteiger partial charge in [-0.3, -0.25) is 4.90 Å². The zero-order chi connectivity index (χ0) is 18.1. The van der Waals surface area contributed by atoms with Crippen LogP contribution < -0.4 is 10.2 Å². The number of hydrogen-bond acceptors (Lipinski definition) is 7. The number of hydrogen-bond donors (Lipinski definition) is 1. The van der Waals surface area contributed by atoms with Crippen molar-refractivity contribution < 1.29 is 0 Å². The second-order valence-electron chi connectivity index (χ2n) is 7.50. The summed E-state index contributed by atoms with van der Waals surface area (Å²) in [4.78, 5) is 5.12. The molecule has 0 spiro atoms. The highest BCUT2D eigenvalue weighted by Crippen LogP contribution is 2.30. The Hall–Kier alpha value is -2.74. The summed E-state index contributed by atoms with van der Waals surface area (Å²) in [6.45, 7) is 6.65. The van der Waals surface area contributed by atoms with Gasteiger partial charge < -0.3 is 10.2 Å². The molecule has 2 aromatic heterocycles. The number of piperazine rings is 1. The molecule has 3 heterocycles. The summed E-state index contributed by atoms with van der Waals surface area (Å²) in [6, 6.07) is 12.6. The van der Waals surface area contributed by atoms with Gasteiger partial charge in [-0.1, -0.05) is 12.1 Å². The summed E-state index contributed by atoms with van der Waals surface area (Å²) in [7, 11) is 0. The van der Waals surface area contributed by atoms with Crippen molar-refractivity contribution in [3.05, 3.63) is 42.0 Å². The van der Waals surface area contributed by atoms with Crippen LogP contribution >= 0.6 is 0 Å². The van der Waals surface area contributed by atoms with Crippen molar-refractivity contribution in [1.29, 1.82) is 0 Å². The summed E-state index contributed by atoms with van der Waals surface area (Å²) in [6.07, 6.45) is 2.88. The maximum atomic E-state index is 4.33. The topological polar surface area (TPSA) is 74.5 Å². The third kappa shape index (κ3) is 3.85. The minimum Gasteiger partial charge on any atom is -0.369 e. The van der Waals surface area contributed by atoms with E-state index in [-0.39, 0.29) is 0 Å². The van der Waals surface area contributed by atoms with Crippen LogP contribution in [0.25, 0.3) is 5.65 Å². The van der Waals surface area contributed by atoms with E-state index in [0.29, 0.717) is 5.65 Å². The monoisotopic (exact) mass is 364 g/mol. The first-order chi connectivity index (χ1) is 13.3. The molecule has 1 aliphatic carbocycles. The van der Waals surface area contributed by atoms with Crippen molar-refractivity contribution in [3.8, 4) is 0 Å². The molecular weight excluding hydrogens is 340 g/mol. The van der Waals surface area contributed by atoms with Gasteiger partial charge >= 0.3 is 0 Å². The largest absolute Gasteiger partial charge is 0.369 e. The fourth-order valence-corrected chi connectivity index (χ4v) is 3.62. The van der Waals surface area contributed by atoms with Crippen molar-refractivity contribution >= 4 is 17.2 Å². The smallest absolute Gasteiger partial charge is 0.200 e. The van der Waals surface area contributed by atoms with Crippen molar-refractivity contribution in [2.24, 2.45) is 5.92 Å². The number of anilines is 2. The number of aromatic nitrogens is 5. The zero-order valence-corrected chi connectivity index (χ0v) is 15.3. The molecule has 0 bridgehead atoms. The molecule has 1 aliphatic heterocycles. The third-order valence-electron chi connectivity index (χ3n) is 5.43. The molecule has 0 atom stereocenters. The number of fused-ring (bicyclic) bond motifs is 1. The van der Waals surface area contributed by atoms with Gasteiger partial charge in [-0.2, -0.15) is 0 Å². The lowest BCUT2D eigenvalue weighted by atomic mass is 10.1. The Morgan fingerprint density at radius 2 is 1.78 bits per heavy atom. The van der Waals surface area contributed by atoms with E-state index in [1.807, 2.05) is 12.1 Å². The molecule has 0 unspecified atom stereocenters. The molecule has 0 radical (unpaired) electrons. The van der Waals surface area contributed by atoms with Crippen LogP contribution in [0.15, 0.2) is 36.4 Å². The van der Waals surface area contributed by atoms with E-state index in [9.17, 15) is 0 Å². The van der Waals surface area contributed by atoms with Crippen LogP contribution in [-0.2, 0) is 6.54 Å². The molecule has 27 heavy (non-hydrogen) atoms. The summed E-state index contributed by atoms with van der Waals surface area (Å²) in [5.74, 6) is 1.74. The first kappa shape index (κ1) is 16.4. The molecule has 2 fully saturated rings. The molecule has 2 aliphatic rings. The minimum absolute atomic E-state index is 0.641. The van der Waals surface area contributed by atoms with Crippen molar-refractivity contribution in [1.82, 2.24) is 30.2 Å². The predicted molar refractivity (Wildman–Crippen MR) is 104 cm³/mol. The summed E-state index contributed by atoms with van der Waals surface area (Å²) < 4.78 is 1.42. The van der Waals surface area contributed by atoms with Gasteiger partial charge in [0, 0.05) is 45.0 Å². The zero-order valence-electron chi connectivity index (χ0n) is 15.3. The van der Waals surface area contributed by atoms with Crippen molar-refractivity contribution in [2.75, 3.05) is 42.9 Å². The van der Waals surface area contributed by atoms with Crippen LogP contribution in [0.3, 0.4) is 0 Å². The van der Waals surface area contributed by atoms with Gasteiger partial charge in [-0.05, 0) is 59.0 Å². The fourth-order valence-electron chi connectivity index (χ4n) is 3.62. The summed E-state index contributed by atoms with van der Waals surface area (Å²) in [5.41, 5.74) is 3.19. The number of nitrogens with zero attached hydrogens (tertiary/aromatic N) is 7. The molecule has 8 nitrogen and oxygen atoms in total. The second-order valence-corrected chi connectivity index (χ2v) is 7.50. The maximum absolute atomic E-state index is 4.33. The first-order valence-electron chi connectivity index (χ1n) is 9.69. The Bertz CT molecular complexity index is 893. The Kier molecular flexibility index (Phi) is 4.33. The van der Waals surface area contributed by atoms with E-state index >= 15 is 0 Å². The number of nitrogens with one attached hydrogen (secondary N) is 1. The molecule has 1 aromatic carbocycles. The van der Waals surface area contributed by atoms with Crippen molar-refractivity contribution in [3.63, 3.8) is 0 Å². The van der Waals surface area contributed by atoms with Crippen LogP contribution in [0, 0.1) is 5.92 Å². The van der Waals surface area contributed by atoms with Gasteiger partial charge in [-0.25, -0.2) is 0 Å². The Balaban J connectivity index is 1.15. The number of benzene rings is 1. The minimum atomic E-state index is 0.641. The lowest BCUT2D eigenvalue weighted by Crippen LogP contribution is -2.47.